The molecule has 4 rings (SSSR count). The van der Waals surface area contributed by atoms with Crippen molar-refractivity contribution < 1.29 is 14.6 Å². The third-order valence-corrected chi connectivity index (χ3v) is 4.55. The molecule has 7 nitrogen and oxygen atoms in total. The Kier molecular flexibility index (Phi) is 4.22. The van der Waals surface area contributed by atoms with Gasteiger partial charge in [0.05, 0.1) is 31.0 Å². The highest BCUT2D eigenvalue weighted by Crippen LogP contribution is 2.26. The molecule has 3 aromatic rings. The number of β-amino-alcohol motifs (C(OH)–C–C–N with tert-alkyl or cyclic N) is 1. The number of aromatic nitrogens is 3. The third kappa shape index (κ3) is 3.09. The highest BCUT2D eigenvalue weighted by atomic mass is 16.5. The van der Waals surface area contributed by atoms with E-state index in [0.717, 1.165) is 11.1 Å². The van der Waals surface area contributed by atoms with E-state index in [1.807, 2.05) is 36.5 Å². The van der Waals surface area contributed by atoms with Crippen LogP contribution >= 0.6 is 0 Å². The normalized spacial score (nSPS) is 19.7. The highest BCUT2D eigenvalue weighted by Gasteiger charge is 2.37. The van der Waals surface area contributed by atoms with Crippen molar-refractivity contribution in [3.63, 3.8) is 0 Å². The summed E-state index contributed by atoms with van der Waals surface area (Å²) in [5, 5.41) is 14.4. The summed E-state index contributed by atoms with van der Waals surface area (Å²) in [6, 6.07) is 9.75. The van der Waals surface area contributed by atoms with Crippen molar-refractivity contribution in [2.24, 2.45) is 7.05 Å². The Balaban J connectivity index is 1.50. The van der Waals surface area contributed by atoms with Gasteiger partial charge in [0.1, 0.15) is 12.2 Å². The summed E-state index contributed by atoms with van der Waals surface area (Å²) >= 11 is 0. The summed E-state index contributed by atoms with van der Waals surface area (Å²) in [6.07, 6.45) is 5.64. The van der Waals surface area contributed by atoms with E-state index in [1.165, 1.54) is 0 Å². The van der Waals surface area contributed by atoms with Gasteiger partial charge < -0.3 is 19.7 Å². The molecular weight excluding hydrogens is 332 g/mol. The number of carbonyl (C=O) groups is 1. The minimum atomic E-state index is -0.738. The summed E-state index contributed by atoms with van der Waals surface area (Å²) in [6.45, 7) is 0.567. The lowest BCUT2D eigenvalue weighted by molar-refractivity contribution is 0.0729. The molecule has 26 heavy (non-hydrogen) atoms. The SMILES string of the molecule is Cn1cc(O[C@@H]2CN(C(=O)c3c[nH]cc3-c3ccccc3)C[C@H]2O)cn1. The van der Waals surface area contributed by atoms with Crippen LogP contribution in [0.3, 0.4) is 0 Å². The fraction of sp³-hybridized carbons (Fsp3) is 0.263. The number of hydrogen-bond donors (Lipinski definition) is 2. The summed E-state index contributed by atoms with van der Waals surface area (Å²) < 4.78 is 7.42. The predicted molar refractivity (Wildman–Crippen MR) is 95.8 cm³/mol. The number of aliphatic hydroxyl groups is 1. The van der Waals surface area contributed by atoms with Gasteiger partial charge in [-0.05, 0) is 5.56 Å². The zero-order valence-electron chi connectivity index (χ0n) is 14.4. The smallest absolute Gasteiger partial charge is 0.256 e. The lowest BCUT2D eigenvalue weighted by Gasteiger charge is -2.16. The van der Waals surface area contributed by atoms with E-state index in [2.05, 4.69) is 10.1 Å². The van der Waals surface area contributed by atoms with Crippen LogP contribution in [0, 0.1) is 0 Å². The second-order valence-electron chi connectivity index (χ2n) is 6.43. The van der Waals surface area contributed by atoms with Crippen molar-refractivity contribution in [3.8, 4) is 16.9 Å². The van der Waals surface area contributed by atoms with E-state index in [9.17, 15) is 9.90 Å². The molecule has 2 aromatic heterocycles. The van der Waals surface area contributed by atoms with E-state index in [0.29, 0.717) is 17.9 Å². The molecule has 0 aliphatic carbocycles. The maximum atomic E-state index is 13.0. The van der Waals surface area contributed by atoms with Crippen molar-refractivity contribution in [2.75, 3.05) is 13.1 Å². The molecule has 0 spiro atoms. The number of H-pyrrole nitrogens is 1. The van der Waals surface area contributed by atoms with Gasteiger partial charge in [0.25, 0.3) is 5.91 Å². The third-order valence-electron chi connectivity index (χ3n) is 4.55. The van der Waals surface area contributed by atoms with Gasteiger partial charge in [0.15, 0.2) is 5.75 Å². The van der Waals surface area contributed by atoms with Crippen LogP contribution in [-0.2, 0) is 7.05 Å². The first kappa shape index (κ1) is 16.4. The number of nitrogens with zero attached hydrogens (tertiary/aromatic N) is 3. The average Bonchev–Trinajstić information content (AvgIpc) is 3.36. The zero-order chi connectivity index (χ0) is 18.1. The van der Waals surface area contributed by atoms with E-state index >= 15 is 0 Å². The summed E-state index contributed by atoms with van der Waals surface area (Å²) in [5.74, 6) is 0.457. The first-order chi connectivity index (χ1) is 12.6. The molecule has 0 bridgehead atoms. The Morgan fingerprint density at radius 2 is 2.08 bits per heavy atom. The fourth-order valence-electron chi connectivity index (χ4n) is 3.24. The molecule has 3 heterocycles. The molecule has 1 aliphatic heterocycles. The van der Waals surface area contributed by atoms with Crippen LogP contribution < -0.4 is 4.74 Å². The number of aliphatic hydroxyl groups excluding tert-OH is 1. The molecule has 2 N–H and O–H groups in total. The Labute approximate surface area is 150 Å². The Hall–Kier alpha value is -3.06. The molecule has 1 aromatic carbocycles. The van der Waals surface area contributed by atoms with Crippen LogP contribution in [0.25, 0.3) is 11.1 Å². The molecule has 0 unspecified atom stereocenters. The van der Waals surface area contributed by atoms with Crippen LogP contribution in [0.4, 0.5) is 0 Å². The second-order valence-corrected chi connectivity index (χ2v) is 6.43. The monoisotopic (exact) mass is 352 g/mol. The number of hydrogen-bond acceptors (Lipinski definition) is 4. The van der Waals surface area contributed by atoms with Crippen LogP contribution in [0.5, 0.6) is 5.75 Å². The first-order valence-corrected chi connectivity index (χ1v) is 8.46. The number of nitrogens with one attached hydrogen (secondary N) is 1. The lowest BCUT2D eigenvalue weighted by Crippen LogP contribution is -2.31. The van der Waals surface area contributed by atoms with Crippen molar-refractivity contribution >= 4 is 5.91 Å². The van der Waals surface area contributed by atoms with Gasteiger partial charge in [0, 0.05) is 25.0 Å². The second kappa shape index (κ2) is 6.68. The number of carbonyl (C=O) groups excluding carboxylic acids is 1. The van der Waals surface area contributed by atoms with E-state index in [4.69, 9.17) is 4.74 Å². The van der Waals surface area contributed by atoms with Gasteiger partial charge in [0.2, 0.25) is 0 Å². The molecule has 1 fully saturated rings. The number of likely N-dealkylation sites (tertiary alicyclic amines) is 1. The van der Waals surface area contributed by atoms with Crippen molar-refractivity contribution in [1.29, 1.82) is 0 Å². The summed E-state index contributed by atoms with van der Waals surface area (Å²) in [7, 11) is 1.80. The number of benzene rings is 1. The van der Waals surface area contributed by atoms with Gasteiger partial charge in [-0.15, -0.1) is 0 Å². The summed E-state index contributed by atoms with van der Waals surface area (Å²) in [4.78, 5) is 17.6. The minimum absolute atomic E-state index is 0.124. The largest absolute Gasteiger partial charge is 0.482 e. The van der Waals surface area contributed by atoms with E-state index in [-0.39, 0.29) is 12.5 Å². The topological polar surface area (TPSA) is 83.4 Å². The molecule has 1 saturated heterocycles. The highest BCUT2D eigenvalue weighted by molar-refractivity contribution is 6.01. The predicted octanol–water partition coefficient (Wildman–Crippen LogP) is 1.68. The molecule has 0 radical (unpaired) electrons. The van der Waals surface area contributed by atoms with Gasteiger partial charge in [-0.3, -0.25) is 9.48 Å². The molecule has 7 heteroatoms. The Bertz CT molecular complexity index is 902. The number of ether oxygens (including phenoxy) is 1. The van der Waals surface area contributed by atoms with Gasteiger partial charge in [-0.1, -0.05) is 30.3 Å². The molecule has 2 atom stereocenters. The van der Waals surface area contributed by atoms with Crippen LogP contribution in [0.1, 0.15) is 10.4 Å². The first-order valence-electron chi connectivity index (χ1n) is 8.46. The number of rotatable bonds is 4. The minimum Gasteiger partial charge on any atom is -0.482 e. The van der Waals surface area contributed by atoms with E-state index in [1.54, 1.807) is 35.2 Å². The fourth-order valence-corrected chi connectivity index (χ4v) is 3.24. The summed E-state index contributed by atoms with van der Waals surface area (Å²) in [5.41, 5.74) is 2.41. The number of aromatic amines is 1. The maximum Gasteiger partial charge on any atom is 0.256 e. The van der Waals surface area contributed by atoms with Crippen molar-refractivity contribution in [3.05, 3.63) is 60.7 Å². The molecule has 1 amide bonds. The Morgan fingerprint density at radius 3 is 2.81 bits per heavy atom. The van der Waals surface area contributed by atoms with Crippen LogP contribution in [-0.4, -0.2) is 56.0 Å². The maximum absolute atomic E-state index is 13.0. The van der Waals surface area contributed by atoms with Crippen molar-refractivity contribution in [2.45, 2.75) is 12.2 Å². The van der Waals surface area contributed by atoms with Crippen LogP contribution in [0.15, 0.2) is 55.1 Å². The number of amides is 1. The van der Waals surface area contributed by atoms with Gasteiger partial charge in [-0.2, -0.15) is 5.10 Å². The lowest BCUT2D eigenvalue weighted by atomic mass is 10.0. The quantitative estimate of drug-likeness (QED) is 0.748. The standard InChI is InChI=1S/C19H20N4O3/c1-22-10-14(7-21-22)26-18-12-23(11-17(18)24)19(25)16-9-20-8-15(16)13-5-3-2-4-6-13/h2-10,17-18,20,24H,11-12H2,1H3/t17-,18-/m1/s1. The van der Waals surface area contributed by atoms with Crippen molar-refractivity contribution in [1.82, 2.24) is 19.7 Å². The zero-order valence-corrected chi connectivity index (χ0v) is 14.4. The molecule has 1 aliphatic rings. The number of aryl methyl sites for hydroxylation is 1. The molecule has 0 saturated carbocycles. The molecule has 134 valence electrons. The van der Waals surface area contributed by atoms with Crippen LogP contribution in [0.2, 0.25) is 0 Å². The van der Waals surface area contributed by atoms with E-state index < -0.39 is 12.2 Å². The van der Waals surface area contributed by atoms with Gasteiger partial charge >= 0.3 is 0 Å². The average molecular weight is 352 g/mol. The molecular formula is C19H20N4O3. The van der Waals surface area contributed by atoms with Gasteiger partial charge in [-0.25, -0.2) is 0 Å². The Morgan fingerprint density at radius 1 is 1.27 bits per heavy atom.